The second-order valence-electron chi connectivity index (χ2n) is 5.35. The number of benzene rings is 1. The van der Waals surface area contributed by atoms with Gasteiger partial charge in [0.2, 0.25) is 11.8 Å². The van der Waals surface area contributed by atoms with E-state index >= 15 is 0 Å². The van der Waals surface area contributed by atoms with E-state index in [-0.39, 0.29) is 6.54 Å². The molecule has 0 aromatic heterocycles. The molecule has 0 radical (unpaired) electrons. The number of aliphatic carboxylic acids is 1. The van der Waals surface area contributed by atoms with Crippen LogP contribution in [-0.4, -0.2) is 35.0 Å². The van der Waals surface area contributed by atoms with Crippen molar-refractivity contribution < 1.29 is 32.7 Å². The molecular weight excluding hydrogens is 343 g/mol. The molecule has 0 spiro atoms. The molecule has 2 atom stereocenters. The van der Waals surface area contributed by atoms with Gasteiger partial charge in [-0.15, -0.1) is 0 Å². The molecule has 138 valence electrons. The Morgan fingerprint density at radius 1 is 1.20 bits per heavy atom. The number of carboxylic acid groups (broad SMARTS) is 1. The van der Waals surface area contributed by atoms with Gasteiger partial charge in [-0.25, -0.2) is 0 Å². The molecule has 0 saturated heterocycles. The van der Waals surface area contributed by atoms with Gasteiger partial charge in [0.1, 0.15) is 6.04 Å². The van der Waals surface area contributed by atoms with Gasteiger partial charge < -0.3 is 21.5 Å². The Balaban J connectivity index is 2.46. The monoisotopic (exact) mass is 361 g/mol. The minimum absolute atomic E-state index is 0.0309. The molecule has 10 heteroatoms. The predicted molar refractivity (Wildman–Crippen MR) is 81.1 cm³/mol. The van der Waals surface area contributed by atoms with Gasteiger partial charge >= 0.3 is 12.1 Å². The van der Waals surface area contributed by atoms with Crippen molar-refractivity contribution in [3.05, 3.63) is 35.4 Å². The summed E-state index contributed by atoms with van der Waals surface area (Å²) in [6.45, 7) is 1.22. The van der Waals surface area contributed by atoms with Crippen LogP contribution >= 0.6 is 0 Å². The van der Waals surface area contributed by atoms with Gasteiger partial charge in [0.25, 0.3) is 0 Å². The maximum atomic E-state index is 12.4. The van der Waals surface area contributed by atoms with Gasteiger partial charge in [-0.05, 0) is 24.6 Å². The molecule has 2 amide bonds. The van der Waals surface area contributed by atoms with Crippen LogP contribution < -0.4 is 16.4 Å². The van der Waals surface area contributed by atoms with Crippen LogP contribution in [0.4, 0.5) is 13.2 Å². The number of carbonyl (C=O) groups is 3. The molecule has 25 heavy (non-hydrogen) atoms. The van der Waals surface area contributed by atoms with E-state index in [0.29, 0.717) is 5.56 Å². The van der Waals surface area contributed by atoms with Crippen LogP contribution in [0.3, 0.4) is 0 Å². The maximum Gasteiger partial charge on any atom is 0.416 e. The smallest absolute Gasteiger partial charge is 0.416 e. The first kappa shape index (κ1) is 20.4. The fraction of sp³-hybridized carbons (Fsp3) is 0.400. The van der Waals surface area contributed by atoms with Gasteiger partial charge in [-0.1, -0.05) is 12.1 Å². The maximum absolute atomic E-state index is 12.4. The Hall–Kier alpha value is -2.62. The van der Waals surface area contributed by atoms with E-state index in [1.54, 1.807) is 0 Å². The van der Waals surface area contributed by atoms with E-state index in [0.717, 1.165) is 12.1 Å². The number of rotatable bonds is 7. The topological polar surface area (TPSA) is 122 Å². The average Bonchev–Trinajstić information content (AvgIpc) is 2.52. The standard InChI is InChI=1S/C15H18F3N3O4/c1-8(14(24)25)21-13(23)11(19)6-12(22)20-7-9-2-4-10(5-3-9)15(16,17)18/h2-5,8,11H,6-7,19H2,1H3,(H,20,22)(H,21,23)(H,24,25)/t8?,11-/m1/s1. The summed E-state index contributed by atoms with van der Waals surface area (Å²) >= 11 is 0. The molecule has 7 nitrogen and oxygen atoms in total. The summed E-state index contributed by atoms with van der Waals surface area (Å²) in [6, 6.07) is 1.86. The van der Waals surface area contributed by atoms with Crippen LogP contribution in [-0.2, 0) is 27.1 Å². The summed E-state index contributed by atoms with van der Waals surface area (Å²) in [5.74, 6) is -2.63. The normalized spacial score (nSPS) is 13.6. The molecule has 0 aliphatic carbocycles. The second-order valence-corrected chi connectivity index (χ2v) is 5.35. The van der Waals surface area contributed by atoms with E-state index in [1.165, 1.54) is 19.1 Å². The highest BCUT2D eigenvalue weighted by Gasteiger charge is 2.29. The van der Waals surface area contributed by atoms with Crippen LogP contribution in [0.15, 0.2) is 24.3 Å². The lowest BCUT2D eigenvalue weighted by Crippen LogP contribution is -2.48. The fourth-order valence-corrected chi connectivity index (χ4v) is 1.76. The first-order chi connectivity index (χ1) is 11.5. The molecule has 0 heterocycles. The summed E-state index contributed by atoms with van der Waals surface area (Å²) in [4.78, 5) is 33.9. The molecule has 0 saturated carbocycles. The third kappa shape index (κ3) is 6.79. The van der Waals surface area contributed by atoms with Crippen molar-refractivity contribution in [2.45, 2.75) is 38.1 Å². The Morgan fingerprint density at radius 3 is 2.24 bits per heavy atom. The van der Waals surface area contributed by atoms with Crippen LogP contribution in [0, 0.1) is 0 Å². The van der Waals surface area contributed by atoms with E-state index in [2.05, 4.69) is 10.6 Å². The van der Waals surface area contributed by atoms with Crippen molar-refractivity contribution in [3.8, 4) is 0 Å². The number of halogens is 3. The predicted octanol–water partition coefficient (Wildman–Crippen LogP) is 0.628. The van der Waals surface area contributed by atoms with Crippen LogP contribution in [0.5, 0.6) is 0 Å². The highest BCUT2D eigenvalue weighted by atomic mass is 19.4. The number of carboxylic acids is 1. The first-order valence-corrected chi connectivity index (χ1v) is 7.22. The average molecular weight is 361 g/mol. The van der Waals surface area contributed by atoms with Gasteiger partial charge in [-0.2, -0.15) is 13.2 Å². The molecule has 1 aromatic carbocycles. The lowest BCUT2D eigenvalue weighted by atomic mass is 10.1. The lowest BCUT2D eigenvalue weighted by Gasteiger charge is -2.14. The molecule has 1 rings (SSSR count). The van der Waals surface area contributed by atoms with E-state index in [9.17, 15) is 27.6 Å². The number of amides is 2. The largest absolute Gasteiger partial charge is 0.480 e. The quantitative estimate of drug-likeness (QED) is 0.567. The summed E-state index contributed by atoms with van der Waals surface area (Å²) in [5.41, 5.74) is 5.16. The number of nitrogens with two attached hydrogens (primary N) is 1. The van der Waals surface area contributed by atoms with Gasteiger partial charge in [-0.3, -0.25) is 14.4 Å². The van der Waals surface area contributed by atoms with Gasteiger partial charge in [0, 0.05) is 6.54 Å². The van der Waals surface area contributed by atoms with E-state index in [1.807, 2.05) is 0 Å². The molecule has 0 bridgehead atoms. The molecule has 0 fully saturated rings. The highest BCUT2D eigenvalue weighted by Crippen LogP contribution is 2.28. The molecule has 0 aliphatic rings. The van der Waals surface area contributed by atoms with E-state index < -0.39 is 48.0 Å². The fourth-order valence-electron chi connectivity index (χ4n) is 1.76. The van der Waals surface area contributed by atoms with Crippen LogP contribution in [0.2, 0.25) is 0 Å². The Labute approximate surface area is 141 Å². The third-order valence-electron chi connectivity index (χ3n) is 3.24. The van der Waals surface area contributed by atoms with Crippen molar-refractivity contribution >= 4 is 17.8 Å². The lowest BCUT2D eigenvalue weighted by molar-refractivity contribution is -0.141. The second kappa shape index (κ2) is 8.47. The molecule has 1 aromatic rings. The van der Waals surface area contributed by atoms with Crippen molar-refractivity contribution in [2.24, 2.45) is 5.73 Å². The zero-order valence-corrected chi connectivity index (χ0v) is 13.3. The molecule has 5 N–H and O–H groups in total. The number of alkyl halides is 3. The highest BCUT2D eigenvalue weighted by molar-refractivity contribution is 5.90. The number of carbonyl (C=O) groups excluding carboxylic acids is 2. The summed E-state index contributed by atoms with van der Waals surface area (Å²) in [6.07, 6.45) is -4.83. The van der Waals surface area contributed by atoms with Crippen molar-refractivity contribution in [3.63, 3.8) is 0 Å². The minimum Gasteiger partial charge on any atom is -0.480 e. The summed E-state index contributed by atoms with van der Waals surface area (Å²) in [5, 5.41) is 13.2. The third-order valence-corrected chi connectivity index (χ3v) is 3.24. The van der Waals surface area contributed by atoms with Crippen LogP contribution in [0.1, 0.15) is 24.5 Å². The molecule has 1 unspecified atom stereocenters. The first-order valence-electron chi connectivity index (χ1n) is 7.22. The Bertz CT molecular complexity index is 632. The van der Waals surface area contributed by atoms with Gasteiger partial charge in [0.05, 0.1) is 18.0 Å². The van der Waals surface area contributed by atoms with E-state index in [4.69, 9.17) is 10.8 Å². The number of nitrogens with one attached hydrogen (secondary N) is 2. The number of hydrogen-bond acceptors (Lipinski definition) is 4. The molecule has 0 aliphatic heterocycles. The van der Waals surface area contributed by atoms with Crippen molar-refractivity contribution in [1.82, 2.24) is 10.6 Å². The Kier molecular flexibility index (Phi) is 6.92. The zero-order valence-electron chi connectivity index (χ0n) is 13.3. The molecular formula is C15H18F3N3O4. The minimum atomic E-state index is -4.44. The summed E-state index contributed by atoms with van der Waals surface area (Å²) < 4.78 is 37.3. The Morgan fingerprint density at radius 2 is 1.76 bits per heavy atom. The SMILES string of the molecule is CC(NC(=O)[C@H](N)CC(=O)NCc1ccc(C(F)(F)F)cc1)C(=O)O. The van der Waals surface area contributed by atoms with Gasteiger partial charge in [0.15, 0.2) is 0 Å². The van der Waals surface area contributed by atoms with Crippen LogP contribution in [0.25, 0.3) is 0 Å². The summed E-state index contributed by atoms with van der Waals surface area (Å²) in [7, 11) is 0. The van der Waals surface area contributed by atoms with Crippen molar-refractivity contribution in [1.29, 1.82) is 0 Å². The zero-order chi connectivity index (χ0) is 19.2. The number of hydrogen-bond donors (Lipinski definition) is 4. The van der Waals surface area contributed by atoms with Crippen molar-refractivity contribution in [2.75, 3.05) is 0 Å².